The quantitative estimate of drug-likeness (QED) is 0.846. The van der Waals surface area contributed by atoms with Gasteiger partial charge in [-0.1, -0.05) is 19.9 Å². The molecule has 16 heavy (non-hydrogen) atoms. The van der Waals surface area contributed by atoms with Crippen molar-refractivity contribution in [2.75, 3.05) is 6.54 Å². The van der Waals surface area contributed by atoms with E-state index in [4.69, 9.17) is 0 Å². The highest BCUT2D eigenvalue weighted by atomic mass is 32.1. The van der Waals surface area contributed by atoms with Gasteiger partial charge in [-0.3, -0.25) is 0 Å². The molecule has 3 heteroatoms. The van der Waals surface area contributed by atoms with Crippen molar-refractivity contribution in [3.63, 3.8) is 0 Å². The minimum Gasteiger partial charge on any atom is -0.392 e. The Kier molecular flexibility index (Phi) is 3.67. The lowest BCUT2D eigenvalue weighted by Gasteiger charge is -2.27. The minimum absolute atomic E-state index is 0.140. The van der Waals surface area contributed by atoms with Crippen molar-refractivity contribution in [2.45, 2.75) is 50.7 Å². The van der Waals surface area contributed by atoms with Gasteiger partial charge in [-0.2, -0.15) is 0 Å². The highest BCUT2D eigenvalue weighted by Gasteiger charge is 2.28. The highest BCUT2D eigenvalue weighted by molar-refractivity contribution is 7.10. The monoisotopic (exact) mass is 239 g/mol. The van der Waals surface area contributed by atoms with Crippen LogP contribution >= 0.6 is 11.3 Å². The van der Waals surface area contributed by atoms with Gasteiger partial charge in [0.15, 0.2) is 0 Å². The third-order valence-corrected chi connectivity index (χ3v) is 4.71. The summed E-state index contributed by atoms with van der Waals surface area (Å²) in [4.78, 5) is 1.41. The van der Waals surface area contributed by atoms with E-state index in [2.05, 4.69) is 36.7 Å². The first-order valence-corrected chi connectivity index (χ1v) is 6.93. The Labute approximate surface area is 102 Å². The molecule has 90 valence electrons. The molecular weight excluding hydrogens is 218 g/mol. The van der Waals surface area contributed by atoms with E-state index in [1.807, 2.05) is 11.3 Å². The lowest BCUT2D eigenvalue weighted by atomic mass is 9.91. The Bertz CT molecular complexity index is 321. The second kappa shape index (κ2) is 4.86. The predicted octanol–water partition coefficient (Wildman–Crippen LogP) is 2.53. The molecule has 0 spiro atoms. The van der Waals surface area contributed by atoms with Crippen LogP contribution in [-0.4, -0.2) is 23.8 Å². The van der Waals surface area contributed by atoms with Gasteiger partial charge >= 0.3 is 0 Å². The van der Waals surface area contributed by atoms with Crippen LogP contribution in [0.3, 0.4) is 0 Å². The van der Waals surface area contributed by atoms with Crippen LogP contribution in [0.1, 0.15) is 38.0 Å². The van der Waals surface area contributed by atoms with Crippen molar-refractivity contribution < 1.29 is 5.11 Å². The third kappa shape index (κ3) is 2.65. The number of thiophene rings is 1. The van der Waals surface area contributed by atoms with Gasteiger partial charge in [-0.05, 0) is 30.7 Å². The first-order valence-electron chi connectivity index (χ1n) is 6.05. The van der Waals surface area contributed by atoms with Crippen LogP contribution < -0.4 is 5.32 Å². The standard InChI is InChI=1S/C13H21NOS/c1-13(2,12-7-4-8-16-12)9-14-10-5-3-6-11(10)15/h4,7-8,10-11,14-15H,3,5-6,9H2,1-2H3. The SMILES string of the molecule is CC(C)(CNC1CCCC1O)c1cccs1. The lowest BCUT2D eigenvalue weighted by molar-refractivity contribution is 0.146. The average Bonchev–Trinajstić information content (AvgIpc) is 2.85. The Hall–Kier alpha value is -0.380. The van der Waals surface area contributed by atoms with Crippen LogP contribution in [0, 0.1) is 0 Å². The maximum absolute atomic E-state index is 9.76. The number of nitrogens with one attached hydrogen (secondary N) is 1. The summed E-state index contributed by atoms with van der Waals surface area (Å²) in [5.74, 6) is 0. The summed E-state index contributed by atoms with van der Waals surface area (Å²) in [6.07, 6.45) is 3.08. The van der Waals surface area contributed by atoms with Crippen LogP contribution in [-0.2, 0) is 5.41 Å². The fourth-order valence-corrected chi connectivity index (χ4v) is 3.17. The molecule has 2 unspecified atom stereocenters. The number of aliphatic hydroxyl groups is 1. The second-order valence-corrected chi connectivity index (χ2v) is 6.29. The maximum Gasteiger partial charge on any atom is 0.0693 e. The van der Waals surface area contributed by atoms with Gasteiger partial charge in [0, 0.05) is 22.9 Å². The Morgan fingerprint density at radius 3 is 2.88 bits per heavy atom. The number of hydrogen-bond acceptors (Lipinski definition) is 3. The Balaban J connectivity index is 1.89. The summed E-state index contributed by atoms with van der Waals surface area (Å²) in [6.45, 7) is 5.45. The molecule has 0 saturated heterocycles. The van der Waals surface area contributed by atoms with E-state index < -0.39 is 0 Å². The molecule has 2 atom stereocenters. The topological polar surface area (TPSA) is 32.3 Å². The van der Waals surface area contributed by atoms with Crippen LogP contribution in [0.5, 0.6) is 0 Å². The van der Waals surface area contributed by atoms with Gasteiger partial charge in [0.2, 0.25) is 0 Å². The molecule has 0 aromatic carbocycles. The van der Waals surface area contributed by atoms with Crippen LogP contribution in [0.25, 0.3) is 0 Å². The fourth-order valence-electron chi connectivity index (χ4n) is 2.32. The lowest BCUT2D eigenvalue weighted by Crippen LogP contribution is -2.42. The summed E-state index contributed by atoms with van der Waals surface area (Å²) in [7, 11) is 0. The van der Waals surface area contributed by atoms with E-state index in [1.165, 1.54) is 4.88 Å². The summed E-state index contributed by atoms with van der Waals surface area (Å²) >= 11 is 1.81. The van der Waals surface area contributed by atoms with Gasteiger partial charge in [-0.15, -0.1) is 11.3 Å². The zero-order valence-electron chi connectivity index (χ0n) is 10.1. The summed E-state index contributed by atoms with van der Waals surface area (Å²) in [5.41, 5.74) is 0.163. The van der Waals surface area contributed by atoms with Crippen LogP contribution in [0.15, 0.2) is 17.5 Å². The molecule has 1 aromatic heterocycles. The molecule has 1 fully saturated rings. The number of hydrogen-bond donors (Lipinski definition) is 2. The molecule has 2 N–H and O–H groups in total. The van der Waals surface area contributed by atoms with E-state index in [-0.39, 0.29) is 11.5 Å². The summed E-state index contributed by atoms with van der Waals surface area (Å²) < 4.78 is 0. The molecule has 1 aliphatic rings. The van der Waals surface area contributed by atoms with E-state index >= 15 is 0 Å². The largest absolute Gasteiger partial charge is 0.392 e. The summed E-state index contributed by atoms with van der Waals surface area (Å²) in [6, 6.07) is 4.60. The highest BCUT2D eigenvalue weighted by Crippen LogP contribution is 2.27. The number of rotatable bonds is 4. The van der Waals surface area contributed by atoms with Crippen molar-refractivity contribution in [1.82, 2.24) is 5.32 Å². The zero-order valence-corrected chi connectivity index (χ0v) is 10.9. The van der Waals surface area contributed by atoms with Crippen molar-refractivity contribution in [3.05, 3.63) is 22.4 Å². The average molecular weight is 239 g/mol. The fraction of sp³-hybridized carbons (Fsp3) is 0.692. The van der Waals surface area contributed by atoms with Crippen molar-refractivity contribution in [2.24, 2.45) is 0 Å². The number of aliphatic hydroxyl groups excluding tert-OH is 1. The molecule has 2 rings (SSSR count). The molecule has 1 aliphatic carbocycles. The van der Waals surface area contributed by atoms with E-state index in [1.54, 1.807) is 0 Å². The smallest absolute Gasteiger partial charge is 0.0693 e. The van der Waals surface area contributed by atoms with Gasteiger partial charge < -0.3 is 10.4 Å². The predicted molar refractivity (Wildman–Crippen MR) is 69.0 cm³/mol. The van der Waals surface area contributed by atoms with Gasteiger partial charge in [0.25, 0.3) is 0 Å². The van der Waals surface area contributed by atoms with Gasteiger partial charge in [0.1, 0.15) is 0 Å². The first kappa shape index (κ1) is 12.1. The molecule has 1 saturated carbocycles. The zero-order chi connectivity index (χ0) is 11.6. The van der Waals surface area contributed by atoms with E-state index in [0.717, 1.165) is 25.8 Å². The van der Waals surface area contributed by atoms with Crippen molar-refractivity contribution in [1.29, 1.82) is 0 Å². The molecule has 1 aromatic rings. The molecule has 0 amide bonds. The second-order valence-electron chi connectivity index (χ2n) is 5.35. The first-order chi connectivity index (χ1) is 7.59. The van der Waals surface area contributed by atoms with Crippen molar-refractivity contribution in [3.8, 4) is 0 Å². The summed E-state index contributed by atoms with van der Waals surface area (Å²) in [5, 5.41) is 15.4. The molecule has 0 radical (unpaired) electrons. The molecule has 0 aliphatic heterocycles. The normalized spacial score (nSPS) is 26.2. The van der Waals surface area contributed by atoms with Gasteiger partial charge in [-0.25, -0.2) is 0 Å². The van der Waals surface area contributed by atoms with Crippen LogP contribution in [0.2, 0.25) is 0 Å². The van der Waals surface area contributed by atoms with E-state index in [0.29, 0.717) is 6.04 Å². The van der Waals surface area contributed by atoms with Crippen molar-refractivity contribution >= 4 is 11.3 Å². The Morgan fingerprint density at radius 1 is 1.50 bits per heavy atom. The van der Waals surface area contributed by atoms with Gasteiger partial charge in [0.05, 0.1) is 6.10 Å². The maximum atomic E-state index is 9.76. The van der Waals surface area contributed by atoms with E-state index in [9.17, 15) is 5.11 Å². The minimum atomic E-state index is -0.140. The third-order valence-electron chi connectivity index (χ3n) is 3.47. The molecule has 0 bridgehead atoms. The Morgan fingerprint density at radius 2 is 2.31 bits per heavy atom. The van der Waals surface area contributed by atoms with Crippen LogP contribution in [0.4, 0.5) is 0 Å². The molecular formula is C13H21NOS. The molecule has 2 nitrogen and oxygen atoms in total. The molecule has 1 heterocycles.